The van der Waals surface area contributed by atoms with Gasteiger partial charge in [-0.05, 0) is 24.6 Å². The molecule has 0 unspecified atom stereocenters. The molecule has 0 radical (unpaired) electrons. The summed E-state index contributed by atoms with van der Waals surface area (Å²) in [5.74, 6) is -1.15. The number of carboxylic acid groups (broad SMARTS) is 1. The molecule has 2 amide bonds. The number of urea groups is 1. The van der Waals surface area contributed by atoms with Crippen LogP contribution in [-0.2, 0) is 4.79 Å². The van der Waals surface area contributed by atoms with E-state index >= 15 is 0 Å². The van der Waals surface area contributed by atoms with Crippen LogP contribution in [0, 0.1) is 18.3 Å². The maximum atomic E-state index is 12.2. The average Bonchev–Trinajstić information content (AvgIpc) is 2.83. The third kappa shape index (κ3) is 3.12. The van der Waals surface area contributed by atoms with Gasteiger partial charge in [0.15, 0.2) is 0 Å². The van der Waals surface area contributed by atoms with Crippen molar-refractivity contribution in [2.45, 2.75) is 25.5 Å². The molecule has 2 rings (SSSR count). The maximum absolute atomic E-state index is 12.2. The van der Waals surface area contributed by atoms with Crippen LogP contribution in [0.2, 0.25) is 0 Å². The van der Waals surface area contributed by atoms with Gasteiger partial charge in [-0.15, -0.1) is 0 Å². The molecular formula is C14H15N3O4. The molecule has 2 atom stereocenters. The molecule has 1 fully saturated rings. The second-order valence-corrected chi connectivity index (χ2v) is 4.97. The van der Waals surface area contributed by atoms with Gasteiger partial charge >= 0.3 is 12.0 Å². The Morgan fingerprint density at radius 2 is 2.19 bits per heavy atom. The van der Waals surface area contributed by atoms with Crippen molar-refractivity contribution in [1.82, 2.24) is 4.90 Å². The van der Waals surface area contributed by atoms with Gasteiger partial charge < -0.3 is 20.4 Å². The minimum atomic E-state index is -1.15. The number of rotatable bonds is 2. The van der Waals surface area contributed by atoms with Crippen molar-refractivity contribution < 1.29 is 19.8 Å². The van der Waals surface area contributed by atoms with Gasteiger partial charge in [-0.3, -0.25) is 0 Å². The van der Waals surface area contributed by atoms with Crippen LogP contribution in [0.3, 0.4) is 0 Å². The standard InChI is InChI=1S/C14H15N3O4/c1-8-2-3-9(6-15)4-11(8)16-14(21)17-7-10(18)5-12(17)13(19)20/h2-4,10,12,18H,5,7H2,1H3,(H,16,21)(H,19,20)/t10-,12-/m0/s1. The summed E-state index contributed by atoms with van der Waals surface area (Å²) in [6.07, 6.45) is -0.830. The summed E-state index contributed by atoms with van der Waals surface area (Å²) in [6, 6.07) is 5.18. The number of carboxylic acids is 1. The first-order valence-corrected chi connectivity index (χ1v) is 6.41. The number of anilines is 1. The van der Waals surface area contributed by atoms with Crippen molar-refractivity contribution in [1.29, 1.82) is 5.26 Å². The molecule has 1 aromatic carbocycles. The van der Waals surface area contributed by atoms with Crippen LogP contribution < -0.4 is 5.32 Å². The van der Waals surface area contributed by atoms with Crippen LogP contribution >= 0.6 is 0 Å². The molecule has 1 aromatic rings. The van der Waals surface area contributed by atoms with Crippen LogP contribution in [0.15, 0.2) is 18.2 Å². The fourth-order valence-electron chi connectivity index (χ4n) is 2.29. The molecule has 0 aromatic heterocycles. The van der Waals surface area contributed by atoms with Crippen LogP contribution in [-0.4, -0.2) is 45.8 Å². The predicted octanol–water partition coefficient (Wildman–Crippen LogP) is 0.918. The quantitative estimate of drug-likeness (QED) is 0.749. The highest BCUT2D eigenvalue weighted by molar-refractivity contribution is 5.93. The predicted molar refractivity (Wildman–Crippen MR) is 73.7 cm³/mol. The molecule has 0 aliphatic carbocycles. The van der Waals surface area contributed by atoms with Crippen molar-refractivity contribution in [3.63, 3.8) is 0 Å². The number of likely N-dealkylation sites (tertiary alicyclic amines) is 1. The highest BCUT2D eigenvalue weighted by atomic mass is 16.4. The van der Waals surface area contributed by atoms with Gasteiger partial charge in [0.1, 0.15) is 6.04 Å². The lowest BCUT2D eigenvalue weighted by Gasteiger charge is -2.22. The Labute approximate surface area is 121 Å². The highest BCUT2D eigenvalue weighted by Gasteiger charge is 2.39. The Morgan fingerprint density at radius 3 is 2.81 bits per heavy atom. The SMILES string of the molecule is Cc1ccc(C#N)cc1NC(=O)N1C[C@@H](O)C[C@H]1C(=O)O. The van der Waals surface area contributed by atoms with Crippen molar-refractivity contribution in [3.8, 4) is 6.07 Å². The van der Waals surface area contributed by atoms with Crippen LogP contribution in [0.4, 0.5) is 10.5 Å². The van der Waals surface area contributed by atoms with Gasteiger partial charge in [0.2, 0.25) is 0 Å². The number of carbonyl (C=O) groups excluding carboxylic acids is 1. The molecule has 1 heterocycles. The summed E-state index contributed by atoms with van der Waals surface area (Å²) >= 11 is 0. The first-order chi connectivity index (χ1) is 9.92. The number of hydrogen-bond donors (Lipinski definition) is 3. The normalized spacial score (nSPS) is 20.9. The fourth-order valence-corrected chi connectivity index (χ4v) is 2.29. The third-order valence-corrected chi connectivity index (χ3v) is 3.43. The van der Waals surface area contributed by atoms with E-state index in [4.69, 9.17) is 10.4 Å². The zero-order valence-corrected chi connectivity index (χ0v) is 11.4. The highest BCUT2D eigenvalue weighted by Crippen LogP contribution is 2.22. The van der Waals surface area contributed by atoms with E-state index in [2.05, 4.69) is 5.32 Å². The van der Waals surface area contributed by atoms with Crippen molar-refractivity contribution in [2.75, 3.05) is 11.9 Å². The van der Waals surface area contributed by atoms with E-state index in [0.717, 1.165) is 10.5 Å². The number of nitriles is 1. The number of aliphatic hydroxyl groups excluding tert-OH is 1. The lowest BCUT2D eigenvalue weighted by Crippen LogP contribution is -2.43. The number of nitrogens with zero attached hydrogens (tertiary/aromatic N) is 2. The first kappa shape index (κ1) is 14.8. The smallest absolute Gasteiger partial charge is 0.326 e. The van der Waals surface area contributed by atoms with E-state index in [1.807, 2.05) is 6.07 Å². The Morgan fingerprint density at radius 1 is 1.48 bits per heavy atom. The van der Waals surface area contributed by atoms with Gasteiger partial charge in [0.25, 0.3) is 0 Å². The molecule has 1 aliphatic rings. The molecule has 7 nitrogen and oxygen atoms in total. The molecular weight excluding hydrogens is 274 g/mol. The Bertz CT molecular complexity index is 623. The lowest BCUT2D eigenvalue weighted by atomic mass is 10.1. The van der Waals surface area contributed by atoms with Gasteiger partial charge in [0, 0.05) is 18.7 Å². The molecule has 7 heteroatoms. The number of aliphatic hydroxyl groups is 1. The largest absolute Gasteiger partial charge is 0.480 e. The molecule has 1 aliphatic heterocycles. The van der Waals surface area contributed by atoms with Crippen LogP contribution in [0.5, 0.6) is 0 Å². The van der Waals surface area contributed by atoms with E-state index in [0.29, 0.717) is 11.3 Å². The number of aliphatic carboxylic acids is 1. The topological polar surface area (TPSA) is 114 Å². The number of aryl methyl sites for hydroxylation is 1. The summed E-state index contributed by atoms with van der Waals surface area (Å²) in [5.41, 5.74) is 1.60. The lowest BCUT2D eigenvalue weighted by molar-refractivity contribution is -0.141. The minimum absolute atomic E-state index is 0.0139. The van der Waals surface area contributed by atoms with Crippen molar-refractivity contribution >= 4 is 17.7 Å². The third-order valence-electron chi connectivity index (χ3n) is 3.43. The van der Waals surface area contributed by atoms with Crippen LogP contribution in [0.25, 0.3) is 0 Å². The summed E-state index contributed by atoms with van der Waals surface area (Å²) in [5, 5.41) is 30.1. The summed E-state index contributed by atoms with van der Waals surface area (Å²) in [4.78, 5) is 24.4. The Hall–Kier alpha value is -2.59. The number of hydrogen-bond acceptors (Lipinski definition) is 4. The minimum Gasteiger partial charge on any atom is -0.480 e. The molecule has 0 saturated carbocycles. The number of carbonyl (C=O) groups is 2. The van der Waals surface area contributed by atoms with Gasteiger partial charge in [-0.2, -0.15) is 5.26 Å². The van der Waals surface area contributed by atoms with E-state index in [1.165, 1.54) is 6.07 Å². The van der Waals surface area contributed by atoms with Gasteiger partial charge in [0.05, 0.1) is 17.7 Å². The number of β-amino-alcohol motifs (C(OH)–C–C–N with tert-alkyl or cyclic N) is 1. The van der Waals surface area contributed by atoms with Gasteiger partial charge in [-0.25, -0.2) is 9.59 Å². The van der Waals surface area contributed by atoms with Crippen molar-refractivity contribution in [2.24, 2.45) is 0 Å². The molecule has 0 spiro atoms. The van der Waals surface area contributed by atoms with E-state index in [-0.39, 0.29) is 13.0 Å². The summed E-state index contributed by atoms with van der Waals surface area (Å²) < 4.78 is 0. The molecule has 0 bridgehead atoms. The Kier molecular flexibility index (Phi) is 4.10. The Balaban J connectivity index is 2.18. The number of benzene rings is 1. The van der Waals surface area contributed by atoms with Crippen LogP contribution in [0.1, 0.15) is 17.5 Å². The second-order valence-electron chi connectivity index (χ2n) is 4.97. The van der Waals surface area contributed by atoms with Gasteiger partial charge in [-0.1, -0.05) is 6.07 Å². The maximum Gasteiger partial charge on any atom is 0.326 e. The average molecular weight is 289 g/mol. The van der Waals surface area contributed by atoms with E-state index < -0.39 is 24.1 Å². The van der Waals surface area contributed by atoms with E-state index in [9.17, 15) is 14.7 Å². The zero-order chi connectivity index (χ0) is 15.6. The summed E-state index contributed by atoms with van der Waals surface area (Å²) in [6.45, 7) is 1.74. The van der Waals surface area contributed by atoms with Crippen molar-refractivity contribution in [3.05, 3.63) is 29.3 Å². The zero-order valence-electron chi connectivity index (χ0n) is 11.4. The second kappa shape index (κ2) is 5.81. The summed E-state index contributed by atoms with van der Waals surface area (Å²) in [7, 11) is 0. The van der Waals surface area contributed by atoms with E-state index in [1.54, 1.807) is 19.1 Å². The molecule has 110 valence electrons. The fraction of sp³-hybridized carbons (Fsp3) is 0.357. The monoisotopic (exact) mass is 289 g/mol. The molecule has 1 saturated heterocycles. The molecule has 3 N–H and O–H groups in total. The number of nitrogens with one attached hydrogen (secondary N) is 1. The first-order valence-electron chi connectivity index (χ1n) is 6.41. The molecule has 21 heavy (non-hydrogen) atoms. The number of amides is 2.